The van der Waals surface area contributed by atoms with Crippen molar-refractivity contribution in [2.24, 2.45) is 0 Å². The Hall–Kier alpha value is -2.60. The van der Waals surface area contributed by atoms with Crippen molar-refractivity contribution in [2.75, 3.05) is 46.1 Å². The smallest absolute Gasteiger partial charge is 0.314 e. The topological polar surface area (TPSA) is 120 Å². The van der Waals surface area contributed by atoms with Crippen LogP contribution in [0.4, 0.5) is 5.82 Å². The molecule has 0 spiro atoms. The number of anilines is 1. The Morgan fingerprint density at radius 3 is 2.75 bits per heavy atom. The first-order valence-electron chi connectivity index (χ1n) is 10.0. The number of hydrogen-bond acceptors (Lipinski definition) is 8. The quantitative estimate of drug-likeness (QED) is 0.497. The van der Waals surface area contributed by atoms with Crippen molar-refractivity contribution < 1.29 is 14.4 Å². The van der Waals surface area contributed by atoms with Gasteiger partial charge < -0.3 is 25.8 Å². The maximum absolute atomic E-state index is 12.6. The number of likely N-dealkylation sites (N-methyl/N-ethyl adjacent to an activating group) is 2. The summed E-state index contributed by atoms with van der Waals surface area (Å²) in [6.07, 6.45) is 2.19. The van der Waals surface area contributed by atoms with Gasteiger partial charge in [-0.15, -0.1) is 11.3 Å². The van der Waals surface area contributed by atoms with E-state index in [0.29, 0.717) is 16.6 Å². The van der Waals surface area contributed by atoms with Gasteiger partial charge in [0.15, 0.2) is 5.01 Å². The molecule has 1 atom stereocenters. The molecule has 0 aliphatic carbocycles. The predicted octanol–water partition coefficient (Wildman–Crippen LogP) is 0.594. The number of pyridine rings is 1. The third-order valence-corrected chi connectivity index (χ3v) is 6.03. The van der Waals surface area contributed by atoms with Gasteiger partial charge in [-0.3, -0.25) is 14.4 Å². The van der Waals surface area contributed by atoms with Crippen LogP contribution >= 0.6 is 22.9 Å². The minimum absolute atomic E-state index is 0.152. The summed E-state index contributed by atoms with van der Waals surface area (Å²) in [6, 6.07) is 2.57. The molecular formula is C20H26ClN7O3S. The molecule has 0 fully saturated rings. The standard InChI is InChI=1S/C20H26ClN7O3S/c1-27(2)10-13(24-17(29)18(30)26-16-5-4-12(21)8-22-16)9-23-19(31)20-25-14-6-7-28(3)11-15(14)32-20/h4-5,8,13H,6-7,9-11H2,1-3H3,(H,23,31)(H,24,29)(H,22,26,30)/t13-/m0/s1. The van der Waals surface area contributed by atoms with Crippen molar-refractivity contribution in [3.05, 3.63) is 38.9 Å². The zero-order valence-electron chi connectivity index (χ0n) is 18.1. The average Bonchev–Trinajstić information content (AvgIpc) is 3.16. The van der Waals surface area contributed by atoms with Gasteiger partial charge in [0.2, 0.25) is 0 Å². The zero-order chi connectivity index (χ0) is 23.3. The molecule has 32 heavy (non-hydrogen) atoms. The van der Waals surface area contributed by atoms with E-state index in [1.54, 1.807) is 6.07 Å². The molecule has 2 aromatic rings. The number of carbonyl (C=O) groups is 3. The summed E-state index contributed by atoms with van der Waals surface area (Å²) < 4.78 is 0. The highest BCUT2D eigenvalue weighted by molar-refractivity contribution is 7.13. The molecule has 2 aromatic heterocycles. The Labute approximate surface area is 195 Å². The summed E-state index contributed by atoms with van der Waals surface area (Å²) in [7, 11) is 5.71. The Morgan fingerprint density at radius 2 is 2.06 bits per heavy atom. The van der Waals surface area contributed by atoms with E-state index >= 15 is 0 Å². The van der Waals surface area contributed by atoms with E-state index in [2.05, 4.69) is 30.8 Å². The molecule has 1 aliphatic heterocycles. The highest BCUT2D eigenvalue weighted by Gasteiger charge is 2.23. The predicted molar refractivity (Wildman–Crippen MR) is 123 cm³/mol. The van der Waals surface area contributed by atoms with Crippen molar-refractivity contribution in [1.82, 2.24) is 30.4 Å². The lowest BCUT2D eigenvalue weighted by Gasteiger charge is -2.22. The molecule has 0 saturated carbocycles. The van der Waals surface area contributed by atoms with E-state index in [1.807, 2.05) is 26.0 Å². The van der Waals surface area contributed by atoms with Crippen LogP contribution in [0.2, 0.25) is 5.02 Å². The first kappa shape index (κ1) is 24.1. The third kappa shape index (κ3) is 6.70. The van der Waals surface area contributed by atoms with Gasteiger partial charge in [0.05, 0.1) is 16.8 Å². The lowest BCUT2D eigenvalue weighted by molar-refractivity contribution is -0.136. The van der Waals surface area contributed by atoms with Crippen LogP contribution in [0.1, 0.15) is 20.4 Å². The number of nitrogens with one attached hydrogen (secondary N) is 3. The summed E-state index contributed by atoms with van der Waals surface area (Å²) in [6.45, 7) is 2.29. The molecule has 3 rings (SSSR count). The van der Waals surface area contributed by atoms with Crippen LogP contribution in [-0.2, 0) is 22.6 Å². The van der Waals surface area contributed by atoms with Crippen molar-refractivity contribution in [3.8, 4) is 0 Å². The largest absolute Gasteiger partial charge is 0.348 e. The number of hydrogen-bond donors (Lipinski definition) is 3. The highest BCUT2D eigenvalue weighted by Crippen LogP contribution is 2.24. The highest BCUT2D eigenvalue weighted by atomic mass is 35.5. The number of amides is 3. The fraction of sp³-hybridized carbons (Fsp3) is 0.450. The maximum atomic E-state index is 12.6. The fourth-order valence-electron chi connectivity index (χ4n) is 3.19. The van der Waals surface area contributed by atoms with Crippen LogP contribution in [0.3, 0.4) is 0 Å². The van der Waals surface area contributed by atoms with Crippen molar-refractivity contribution in [2.45, 2.75) is 19.0 Å². The maximum Gasteiger partial charge on any atom is 0.314 e. The first-order valence-corrected chi connectivity index (χ1v) is 11.2. The summed E-state index contributed by atoms with van der Waals surface area (Å²) >= 11 is 7.16. The Balaban J connectivity index is 1.56. The normalized spacial score (nSPS) is 14.5. The lowest BCUT2D eigenvalue weighted by Crippen LogP contribution is -2.51. The van der Waals surface area contributed by atoms with Gasteiger partial charge in [-0.1, -0.05) is 11.6 Å². The first-order chi connectivity index (χ1) is 15.2. The van der Waals surface area contributed by atoms with Crippen LogP contribution in [-0.4, -0.2) is 84.3 Å². The molecule has 0 saturated heterocycles. The summed E-state index contributed by atoms with van der Waals surface area (Å²) in [5.74, 6) is -1.76. The minimum atomic E-state index is -0.855. The van der Waals surface area contributed by atoms with Gasteiger partial charge >= 0.3 is 11.8 Å². The number of halogens is 1. The zero-order valence-corrected chi connectivity index (χ0v) is 19.7. The van der Waals surface area contributed by atoms with E-state index in [4.69, 9.17) is 11.6 Å². The van der Waals surface area contributed by atoms with Gasteiger partial charge in [-0.25, -0.2) is 9.97 Å². The number of thiazole rings is 1. The monoisotopic (exact) mass is 479 g/mol. The SMILES string of the molecule is CN(C)C[C@H](CNC(=O)c1nc2c(s1)CN(C)CC2)NC(=O)C(=O)Nc1ccc(Cl)cn1. The summed E-state index contributed by atoms with van der Waals surface area (Å²) in [5, 5.41) is 8.72. The number of carbonyl (C=O) groups excluding carboxylic acids is 3. The van der Waals surface area contributed by atoms with Crippen molar-refractivity contribution in [1.29, 1.82) is 0 Å². The summed E-state index contributed by atoms with van der Waals surface area (Å²) in [4.78, 5) is 50.7. The van der Waals surface area contributed by atoms with E-state index in [-0.39, 0.29) is 18.3 Å². The molecule has 12 heteroatoms. The van der Waals surface area contributed by atoms with Gasteiger partial charge in [-0.2, -0.15) is 0 Å². The number of rotatable bonds is 7. The van der Waals surface area contributed by atoms with E-state index in [9.17, 15) is 14.4 Å². The number of fused-ring (bicyclic) bond motifs is 1. The van der Waals surface area contributed by atoms with Crippen LogP contribution in [0.25, 0.3) is 0 Å². The minimum Gasteiger partial charge on any atom is -0.348 e. The van der Waals surface area contributed by atoms with Crippen LogP contribution in [0.5, 0.6) is 0 Å². The number of aromatic nitrogens is 2. The molecule has 3 amide bonds. The molecule has 0 aromatic carbocycles. The molecule has 3 heterocycles. The van der Waals surface area contributed by atoms with Crippen LogP contribution in [0.15, 0.2) is 18.3 Å². The van der Waals surface area contributed by atoms with Gasteiger partial charge in [-0.05, 0) is 33.3 Å². The van der Waals surface area contributed by atoms with Crippen molar-refractivity contribution >= 4 is 46.5 Å². The molecule has 0 radical (unpaired) electrons. The molecular weight excluding hydrogens is 454 g/mol. The summed E-state index contributed by atoms with van der Waals surface area (Å²) in [5.41, 5.74) is 0.976. The second kappa shape index (κ2) is 10.8. The van der Waals surface area contributed by atoms with E-state index in [0.717, 1.165) is 30.1 Å². The molecule has 172 valence electrons. The van der Waals surface area contributed by atoms with Gasteiger partial charge in [0.25, 0.3) is 5.91 Å². The molecule has 0 unspecified atom stereocenters. The average molecular weight is 480 g/mol. The van der Waals surface area contributed by atoms with Gasteiger partial charge in [0, 0.05) is 43.7 Å². The van der Waals surface area contributed by atoms with Gasteiger partial charge in [0.1, 0.15) is 5.82 Å². The Bertz CT molecular complexity index is 980. The molecule has 10 nitrogen and oxygen atoms in total. The second-order valence-electron chi connectivity index (χ2n) is 7.84. The van der Waals surface area contributed by atoms with E-state index < -0.39 is 17.9 Å². The lowest BCUT2D eigenvalue weighted by atomic mass is 10.2. The molecule has 3 N–H and O–H groups in total. The van der Waals surface area contributed by atoms with Crippen molar-refractivity contribution in [3.63, 3.8) is 0 Å². The third-order valence-electron chi connectivity index (χ3n) is 4.72. The molecule has 0 bridgehead atoms. The van der Waals surface area contributed by atoms with Crippen LogP contribution in [0, 0.1) is 0 Å². The molecule has 1 aliphatic rings. The Kier molecular flexibility index (Phi) is 8.13. The number of nitrogens with zero attached hydrogens (tertiary/aromatic N) is 4. The second-order valence-corrected chi connectivity index (χ2v) is 9.36. The Morgan fingerprint density at radius 1 is 1.28 bits per heavy atom. The van der Waals surface area contributed by atoms with E-state index in [1.165, 1.54) is 23.6 Å². The fourth-order valence-corrected chi connectivity index (χ4v) is 4.40. The van der Waals surface area contributed by atoms with Crippen LogP contribution < -0.4 is 16.0 Å².